The minimum absolute atomic E-state index is 0.0535. The van der Waals surface area contributed by atoms with Gasteiger partial charge in [0.05, 0.1) is 5.92 Å². The molecule has 0 fully saturated rings. The largest absolute Gasteiger partial charge is 0.326 e. The van der Waals surface area contributed by atoms with E-state index in [9.17, 15) is 4.79 Å². The van der Waals surface area contributed by atoms with Crippen molar-refractivity contribution in [3.63, 3.8) is 0 Å². The molecule has 0 radical (unpaired) electrons. The molecule has 22 heavy (non-hydrogen) atoms. The van der Waals surface area contributed by atoms with Crippen LogP contribution in [0.5, 0.6) is 0 Å². The van der Waals surface area contributed by atoms with Crippen LogP contribution in [0.25, 0.3) is 0 Å². The topological polar surface area (TPSA) is 55.1 Å². The molecule has 0 aromatic heterocycles. The summed E-state index contributed by atoms with van der Waals surface area (Å²) >= 11 is 0. The van der Waals surface area contributed by atoms with E-state index in [1.807, 2.05) is 55.5 Å². The van der Waals surface area contributed by atoms with Crippen LogP contribution >= 0.6 is 0 Å². The van der Waals surface area contributed by atoms with Crippen LogP contribution in [0, 0.1) is 12.8 Å². The van der Waals surface area contributed by atoms with Gasteiger partial charge in [0.15, 0.2) is 0 Å². The molecule has 2 atom stereocenters. The first-order valence-corrected chi connectivity index (χ1v) is 7.73. The molecule has 2 aromatic carbocycles. The molecule has 0 saturated heterocycles. The van der Waals surface area contributed by atoms with Crippen LogP contribution < -0.4 is 11.1 Å². The van der Waals surface area contributed by atoms with Crippen LogP contribution in [0.2, 0.25) is 0 Å². The van der Waals surface area contributed by atoms with E-state index in [1.165, 1.54) is 11.1 Å². The summed E-state index contributed by atoms with van der Waals surface area (Å²) in [7, 11) is 0. The number of rotatable bonds is 5. The molecule has 0 aliphatic heterocycles. The van der Waals surface area contributed by atoms with E-state index in [2.05, 4.69) is 19.2 Å². The quantitative estimate of drug-likeness (QED) is 0.881. The summed E-state index contributed by atoms with van der Waals surface area (Å²) in [5.41, 5.74) is 10.5. The summed E-state index contributed by atoms with van der Waals surface area (Å²) in [5, 5.41) is 2.98. The van der Waals surface area contributed by atoms with Crippen LogP contribution in [-0.4, -0.2) is 5.91 Å². The number of nitrogens with two attached hydrogens (primary N) is 1. The minimum Gasteiger partial charge on any atom is -0.326 e. The highest BCUT2D eigenvalue weighted by atomic mass is 16.1. The number of anilines is 1. The average Bonchev–Trinajstić information content (AvgIpc) is 2.55. The van der Waals surface area contributed by atoms with Gasteiger partial charge >= 0.3 is 0 Å². The maximum Gasteiger partial charge on any atom is 0.229 e. The fourth-order valence-electron chi connectivity index (χ4n) is 2.51. The van der Waals surface area contributed by atoms with Crippen molar-refractivity contribution in [2.45, 2.75) is 33.2 Å². The van der Waals surface area contributed by atoms with E-state index >= 15 is 0 Å². The van der Waals surface area contributed by atoms with Crippen LogP contribution in [-0.2, 0) is 11.2 Å². The molecule has 0 heterocycles. The van der Waals surface area contributed by atoms with Gasteiger partial charge < -0.3 is 11.1 Å². The molecular weight excluding hydrogens is 272 g/mol. The number of hydrogen-bond acceptors (Lipinski definition) is 2. The van der Waals surface area contributed by atoms with Crippen molar-refractivity contribution in [3.05, 3.63) is 65.2 Å². The first kappa shape index (κ1) is 16.2. The second-order valence-corrected chi connectivity index (χ2v) is 5.71. The Bertz CT molecular complexity index is 637. The zero-order chi connectivity index (χ0) is 16.1. The predicted molar refractivity (Wildman–Crippen MR) is 91.7 cm³/mol. The molecule has 0 saturated carbocycles. The van der Waals surface area contributed by atoms with Gasteiger partial charge in [0, 0.05) is 11.7 Å². The van der Waals surface area contributed by atoms with Gasteiger partial charge in [0.1, 0.15) is 0 Å². The molecule has 0 aliphatic rings. The number of benzene rings is 2. The van der Waals surface area contributed by atoms with Crippen LogP contribution in [0.3, 0.4) is 0 Å². The fraction of sp³-hybridized carbons (Fsp3) is 0.316. The maximum absolute atomic E-state index is 12.4. The van der Waals surface area contributed by atoms with E-state index in [0.29, 0.717) is 0 Å². The minimum atomic E-state index is -0.308. The Labute approximate surface area is 132 Å². The van der Waals surface area contributed by atoms with Gasteiger partial charge in [-0.3, -0.25) is 4.79 Å². The molecule has 0 spiro atoms. The van der Waals surface area contributed by atoms with E-state index < -0.39 is 0 Å². The zero-order valence-electron chi connectivity index (χ0n) is 13.5. The Kier molecular flexibility index (Phi) is 5.34. The van der Waals surface area contributed by atoms with Gasteiger partial charge in [0.2, 0.25) is 5.91 Å². The smallest absolute Gasteiger partial charge is 0.229 e. The number of aryl methyl sites for hydroxylation is 2. The number of nitrogens with one attached hydrogen (secondary N) is 1. The Morgan fingerprint density at radius 3 is 2.50 bits per heavy atom. The van der Waals surface area contributed by atoms with E-state index in [1.54, 1.807) is 0 Å². The Balaban J connectivity index is 2.08. The van der Waals surface area contributed by atoms with Gasteiger partial charge in [0.25, 0.3) is 0 Å². The average molecular weight is 296 g/mol. The molecule has 3 heteroatoms. The number of carbonyl (C=O) groups is 1. The van der Waals surface area contributed by atoms with Crippen LogP contribution in [0.15, 0.2) is 48.5 Å². The van der Waals surface area contributed by atoms with E-state index in [-0.39, 0.29) is 17.9 Å². The standard InChI is InChI=1S/C19H24N2O/c1-4-15-12-17(11-10-13(15)2)21-19(22)14(3)18(20)16-8-6-5-7-9-16/h5-12,14,18H,4,20H2,1-3H3,(H,21,22). The monoisotopic (exact) mass is 296 g/mol. The molecular formula is C19H24N2O. The summed E-state index contributed by atoms with van der Waals surface area (Å²) in [6.45, 7) is 6.06. The second kappa shape index (κ2) is 7.23. The molecule has 2 unspecified atom stereocenters. The van der Waals surface area contributed by atoms with Crippen molar-refractivity contribution in [1.82, 2.24) is 0 Å². The third kappa shape index (κ3) is 3.74. The lowest BCUT2D eigenvalue weighted by atomic mass is 9.94. The molecule has 0 bridgehead atoms. The zero-order valence-corrected chi connectivity index (χ0v) is 13.5. The normalized spacial score (nSPS) is 13.5. The molecule has 3 nitrogen and oxygen atoms in total. The summed E-state index contributed by atoms with van der Waals surface area (Å²) in [6.07, 6.45) is 0.953. The summed E-state index contributed by atoms with van der Waals surface area (Å²) in [5.74, 6) is -0.351. The Morgan fingerprint density at radius 1 is 1.18 bits per heavy atom. The van der Waals surface area contributed by atoms with Gasteiger partial charge in [-0.05, 0) is 42.2 Å². The van der Waals surface area contributed by atoms with Crippen molar-refractivity contribution in [3.8, 4) is 0 Å². The van der Waals surface area contributed by atoms with Crippen molar-refractivity contribution in [2.75, 3.05) is 5.32 Å². The summed E-state index contributed by atoms with van der Waals surface area (Å²) in [4.78, 5) is 12.4. The molecule has 116 valence electrons. The van der Waals surface area contributed by atoms with Crippen molar-refractivity contribution in [2.24, 2.45) is 11.7 Å². The van der Waals surface area contributed by atoms with Crippen molar-refractivity contribution >= 4 is 11.6 Å². The molecule has 2 rings (SSSR count). The van der Waals surface area contributed by atoms with E-state index in [0.717, 1.165) is 17.7 Å². The third-order valence-electron chi connectivity index (χ3n) is 4.13. The first-order chi connectivity index (χ1) is 10.5. The van der Waals surface area contributed by atoms with Crippen LogP contribution in [0.1, 0.15) is 36.6 Å². The molecule has 1 amide bonds. The SMILES string of the molecule is CCc1cc(NC(=O)C(C)C(N)c2ccccc2)ccc1C. The van der Waals surface area contributed by atoms with Gasteiger partial charge in [-0.2, -0.15) is 0 Å². The summed E-state index contributed by atoms with van der Waals surface area (Å²) in [6, 6.07) is 15.4. The number of amides is 1. The highest BCUT2D eigenvalue weighted by Gasteiger charge is 2.22. The Morgan fingerprint density at radius 2 is 1.86 bits per heavy atom. The second-order valence-electron chi connectivity index (χ2n) is 5.71. The third-order valence-corrected chi connectivity index (χ3v) is 4.13. The first-order valence-electron chi connectivity index (χ1n) is 7.73. The van der Waals surface area contributed by atoms with Gasteiger partial charge in [-0.25, -0.2) is 0 Å². The highest BCUT2D eigenvalue weighted by molar-refractivity contribution is 5.93. The Hall–Kier alpha value is -2.13. The lowest BCUT2D eigenvalue weighted by Gasteiger charge is -2.20. The van der Waals surface area contributed by atoms with E-state index in [4.69, 9.17) is 5.73 Å². The van der Waals surface area contributed by atoms with Crippen LogP contribution in [0.4, 0.5) is 5.69 Å². The molecule has 3 N–H and O–H groups in total. The molecule has 0 aliphatic carbocycles. The fourth-order valence-corrected chi connectivity index (χ4v) is 2.51. The van der Waals surface area contributed by atoms with Crippen molar-refractivity contribution < 1.29 is 4.79 Å². The predicted octanol–water partition coefficient (Wildman–Crippen LogP) is 3.83. The van der Waals surface area contributed by atoms with Crippen molar-refractivity contribution in [1.29, 1.82) is 0 Å². The lowest BCUT2D eigenvalue weighted by Crippen LogP contribution is -2.30. The maximum atomic E-state index is 12.4. The van der Waals surface area contributed by atoms with Gasteiger partial charge in [-0.15, -0.1) is 0 Å². The lowest BCUT2D eigenvalue weighted by molar-refractivity contribution is -0.120. The van der Waals surface area contributed by atoms with Gasteiger partial charge in [-0.1, -0.05) is 50.2 Å². The molecule has 2 aromatic rings. The summed E-state index contributed by atoms with van der Waals surface area (Å²) < 4.78 is 0. The number of hydrogen-bond donors (Lipinski definition) is 2. The highest BCUT2D eigenvalue weighted by Crippen LogP contribution is 2.22. The number of carbonyl (C=O) groups excluding carboxylic acids is 1.